The number of esters is 1. The normalized spacial score (nSPS) is 12.4. The zero-order valence-corrected chi connectivity index (χ0v) is 18.1. The highest BCUT2D eigenvalue weighted by atomic mass is 32.2. The summed E-state index contributed by atoms with van der Waals surface area (Å²) in [4.78, 5) is 24.2. The fourth-order valence-electron chi connectivity index (χ4n) is 2.95. The molecular formula is C22H20N2O8S. The van der Waals surface area contributed by atoms with Crippen LogP contribution in [-0.4, -0.2) is 33.7 Å². The highest BCUT2D eigenvalue weighted by Crippen LogP contribution is 2.32. The Morgan fingerprint density at radius 1 is 0.970 bits per heavy atom. The summed E-state index contributed by atoms with van der Waals surface area (Å²) in [6, 6.07) is 13.8. The van der Waals surface area contributed by atoms with Crippen molar-refractivity contribution in [1.82, 2.24) is 10.0 Å². The van der Waals surface area contributed by atoms with Gasteiger partial charge in [0.1, 0.15) is 5.76 Å². The molecular weight excluding hydrogens is 452 g/mol. The Morgan fingerprint density at radius 3 is 2.52 bits per heavy atom. The zero-order valence-electron chi connectivity index (χ0n) is 17.3. The molecule has 2 aromatic carbocycles. The third-order valence-corrected chi connectivity index (χ3v) is 6.10. The summed E-state index contributed by atoms with van der Waals surface area (Å²) in [5.74, 6) is 0.486. The van der Waals surface area contributed by atoms with Crippen molar-refractivity contribution in [3.05, 3.63) is 77.7 Å². The molecule has 0 spiro atoms. The van der Waals surface area contributed by atoms with Gasteiger partial charge in [-0.15, -0.1) is 0 Å². The molecule has 2 heterocycles. The molecule has 0 aliphatic carbocycles. The number of furan rings is 1. The number of carbonyl (C=O) groups is 2. The van der Waals surface area contributed by atoms with Crippen LogP contribution in [0.15, 0.2) is 70.2 Å². The van der Waals surface area contributed by atoms with E-state index in [1.54, 1.807) is 30.3 Å². The van der Waals surface area contributed by atoms with Gasteiger partial charge in [-0.25, -0.2) is 17.9 Å². The van der Waals surface area contributed by atoms with Crippen LogP contribution in [0, 0.1) is 0 Å². The second kappa shape index (κ2) is 9.76. The quantitative estimate of drug-likeness (QED) is 0.452. The van der Waals surface area contributed by atoms with Gasteiger partial charge in [-0.1, -0.05) is 6.07 Å². The van der Waals surface area contributed by atoms with Crippen LogP contribution in [0.5, 0.6) is 11.5 Å². The van der Waals surface area contributed by atoms with Crippen LogP contribution < -0.4 is 19.5 Å². The highest BCUT2D eigenvalue weighted by Gasteiger charge is 2.17. The van der Waals surface area contributed by atoms with Crippen LogP contribution in [0.3, 0.4) is 0 Å². The summed E-state index contributed by atoms with van der Waals surface area (Å²) >= 11 is 0. The molecule has 0 saturated carbocycles. The summed E-state index contributed by atoms with van der Waals surface area (Å²) in [5.41, 5.74) is 0.917. The molecule has 4 rings (SSSR count). The number of rotatable bonds is 9. The molecule has 0 radical (unpaired) electrons. The van der Waals surface area contributed by atoms with E-state index in [1.165, 1.54) is 30.5 Å². The first-order chi connectivity index (χ1) is 15.9. The van der Waals surface area contributed by atoms with Crippen molar-refractivity contribution in [2.24, 2.45) is 0 Å². The Kier molecular flexibility index (Phi) is 6.61. The molecule has 33 heavy (non-hydrogen) atoms. The van der Waals surface area contributed by atoms with Crippen molar-refractivity contribution in [3.8, 4) is 11.5 Å². The topological polar surface area (TPSA) is 133 Å². The molecule has 10 nitrogen and oxygen atoms in total. The first-order valence-corrected chi connectivity index (χ1v) is 11.3. The average molecular weight is 472 g/mol. The smallest absolute Gasteiger partial charge is 0.338 e. The molecule has 2 N–H and O–H groups in total. The van der Waals surface area contributed by atoms with E-state index in [0.29, 0.717) is 17.3 Å². The highest BCUT2D eigenvalue weighted by molar-refractivity contribution is 7.89. The average Bonchev–Trinajstić information content (AvgIpc) is 3.51. The first-order valence-electron chi connectivity index (χ1n) is 9.85. The lowest BCUT2D eigenvalue weighted by molar-refractivity contribution is -0.124. The molecule has 1 aromatic heterocycles. The Labute approximate surface area is 189 Å². The van der Waals surface area contributed by atoms with E-state index >= 15 is 0 Å². The van der Waals surface area contributed by atoms with E-state index < -0.39 is 28.5 Å². The Hall–Kier alpha value is -3.83. The maximum Gasteiger partial charge on any atom is 0.338 e. The Balaban J connectivity index is 1.24. The Bertz CT molecular complexity index is 1240. The summed E-state index contributed by atoms with van der Waals surface area (Å²) in [6.07, 6.45) is 1.45. The lowest BCUT2D eigenvalue weighted by atomic mass is 10.2. The molecule has 0 bridgehead atoms. The molecule has 1 aliphatic heterocycles. The van der Waals surface area contributed by atoms with Crippen molar-refractivity contribution < 1.29 is 36.6 Å². The number of fused-ring (bicyclic) bond motifs is 1. The van der Waals surface area contributed by atoms with Gasteiger partial charge in [-0.05, 0) is 54.1 Å². The molecule has 0 atom stereocenters. The van der Waals surface area contributed by atoms with Crippen LogP contribution in [0.2, 0.25) is 0 Å². The SMILES string of the molecule is O=C(COC(=O)c1ccc(S(=O)(=O)NCc2ccco2)cc1)NCc1ccc2c(c1)OCO2. The summed E-state index contributed by atoms with van der Waals surface area (Å²) in [7, 11) is -3.79. The minimum absolute atomic E-state index is 0.000493. The van der Waals surface area contributed by atoms with Crippen LogP contribution in [0.1, 0.15) is 21.7 Å². The number of benzene rings is 2. The van der Waals surface area contributed by atoms with Crippen molar-refractivity contribution >= 4 is 21.9 Å². The molecule has 11 heteroatoms. The maximum atomic E-state index is 12.3. The van der Waals surface area contributed by atoms with E-state index in [9.17, 15) is 18.0 Å². The van der Waals surface area contributed by atoms with Gasteiger partial charge >= 0.3 is 5.97 Å². The summed E-state index contributed by atoms with van der Waals surface area (Å²) in [5, 5.41) is 2.64. The van der Waals surface area contributed by atoms with E-state index in [-0.39, 0.29) is 30.3 Å². The van der Waals surface area contributed by atoms with Gasteiger partial charge in [0.05, 0.1) is 23.3 Å². The van der Waals surface area contributed by atoms with Crippen molar-refractivity contribution in [1.29, 1.82) is 0 Å². The predicted molar refractivity (Wildman–Crippen MR) is 114 cm³/mol. The third-order valence-electron chi connectivity index (χ3n) is 4.68. The fourth-order valence-corrected chi connectivity index (χ4v) is 3.94. The van der Waals surface area contributed by atoms with E-state index in [0.717, 1.165) is 5.56 Å². The van der Waals surface area contributed by atoms with Gasteiger partial charge < -0.3 is 23.9 Å². The maximum absolute atomic E-state index is 12.3. The van der Waals surface area contributed by atoms with Gasteiger partial charge in [0.25, 0.3) is 5.91 Å². The number of hydrogen-bond acceptors (Lipinski definition) is 8. The molecule has 0 fully saturated rings. The number of ether oxygens (including phenoxy) is 3. The largest absolute Gasteiger partial charge is 0.468 e. The van der Waals surface area contributed by atoms with Crippen molar-refractivity contribution in [2.75, 3.05) is 13.4 Å². The van der Waals surface area contributed by atoms with Gasteiger partial charge in [0, 0.05) is 6.54 Å². The summed E-state index contributed by atoms with van der Waals surface area (Å²) < 4.78 is 47.7. The van der Waals surface area contributed by atoms with Crippen LogP contribution in [0.25, 0.3) is 0 Å². The second-order valence-electron chi connectivity index (χ2n) is 6.97. The van der Waals surface area contributed by atoms with Gasteiger partial charge in [0.15, 0.2) is 18.1 Å². The van der Waals surface area contributed by atoms with Gasteiger partial charge in [-0.3, -0.25) is 4.79 Å². The number of carbonyl (C=O) groups excluding carboxylic acids is 2. The first kappa shape index (κ1) is 22.4. The minimum Gasteiger partial charge on any atom is -0.468 e. The van der Waals surface area contributed by atoms with E-state index in [1.807, 2.05) is 0 Å². The molecule has 172 valence electrons. The number of sulfonamides is 1. The summed E-state index contributed by atoms with van der Waals surface area (Å²) in [6.45, 7) is -0.0886. The lowest BCUT2D eigenvalue weighted by Crippen LogP contribution is -2.28. The van der Waals surface area contributed by atoms with Gasteiger partial charge in [-0.2, -0.15) is 0 Å². The lowest BCUT2D eigenvalue weighted by Gasteiger charge is -2.08. The monoisotopic (exact) mass is 472 g/mol. The van der Waals surface area contributed by atoms with Crippen LogP contribution >= 0.6 is 0 Å². The molecule has 0 unspecified atom stereocenters. The number of nitrogens with one attached hydrogen (secondary N) is 2. The number of amides is 1. The number of hydrogen-bond donors (Lipinski definition) is 2. The zero-order chi connectivity index (χ0) is 23.3. The fraction of sp³-hybridized carbons (Fsp3) is 0.182. The minimum atomic E-state index is -3.79. The van der Waals surface area contributed by atoms with Gasteiger partial charge in [0.2, 0.25) is 16.8 Å². The standard InChI is InChI=1S/C22H20N2O8S/c25-21(23-11-15-3-8-19-20(10-15)32-14-31-19)13-30-22(26)16-4-6-18(7-5-16)33(27,28)24-12-17-2-1-9-29-17/h1-10,24H,11-14H2,(H,23,25). The molecule has 1 amide bonds. The van der Waals surface area contributed by atoms with E-state index in [4.69, 9.17) is 18.6 Å². The van der Waals surface area contributed by atoms with Crippen molar-refractivity contribution in [3.63, 3.8) is 0 Å². The van der Waals surface area contributed by atoms with E-state index in [2.05, 4.69) is 10.0 Å². The molecule has 3 aromatic rings. The van der Waals surface area contributed by atoms with Crippen molar-refractivity contribution in [2.45, 2.75) is 18.0 Å². The third kappa shape index (κ3) is 5.70. The van der Waals surface area contributed by atoms with Crippen LogP contribution in [0.4, 0.5) is 0 Å². The second-order valence-corrected chi connectivity index (χ2v) is 8.74. The van der Waals surface area contributed by atoms with Crippen LogP contribution in [-0.2, 0) is 32.6 Å². The molecule has 0 saturated heterocycles. The Morgan fingerprint density at radius 2 is 1.76 bits per heavy atom. The predicted octanol–water partition coefficient (Wildman–Crippen LogP) is 1.96. The molecule has 1 aliphatic rings.